The van der Waals surface area contributed by atoms with Crippen LogP contribution in [0.15, 0.2) is 76.7 Å². The molecule has 1 saturated carbocycles. The molecule has 7 aliphatic rings. The number of aryl methyl sites for hydroxylation is 1. The lowest BCUT2D eigenvalue weighted by Crippen LogP contribution is -2.58. The number of rotatable bonds is 10. The Morgan fingerprint density at radius 2 is 1.74 bits per heavy atom. The fourth-order valence-electron chi connectivity index (χ4n) is 12.8. The highest BCUT2D eigenvalue weighted by atomic mass is 32.2. The summed E-state index contributed by atoms with van der Waals surface area (Å²) in [5.74, 6) is -0.587. The van der Waals surface area contributed by atoms with Gasteiger partial charge in [0.05, 0.1) is 70.3 Å². The van der Waals surface area contributed by atoms with Gasteiger partial charge in [-0.2, -0.15) is 4.98 Å². The average Bonchev–Trinajstić information content (AvgIpc) is 3.84. The van der Waals surface area contributed by atoms with Gasteiger partial charge in [-0.3, -0.25) is 19.8 Å². The minimum absolute atomic E-state index is 0.0319. The highest BCUT2D eigenvalue weighted by Gasteiger charge is 2.51. The zero-order chi connectivity index (χ0) is 50.4. The Kier molecular flexibility index (Phi) is 12.1. The van der Waals surface area contributed by atoms with Gasteiger partial charge in [-0.1, -0.05) is 24.3 Å². The number of benzene rings is 3. The van der Waals surface area contributed by atoms with Crippen LogP contribution in [0.5, 0.6) is 11.6 Å². The normalized spacial score (nSPS) is 25.1. The number of piperidine rings is 2. The zero-order valence-electron chi connectivity index (χ0n) is 41.3. The lowest BCUT2D eigenvalue weighted by atomic mass is 9.59. The van der Waals surface area contributed by atoms with E-state index in [1.165, 1.54) is 17.2 Å². The first-order valence-electron chi connectivity index (χ1n) is 25.7. The first kappa shape index (κ1) is 47.9. The number of likely N-dealkylation sites (tertiary alicyclic amines) is 1. The maximum absolute atomic E-state index is 16.2. The van der Waals surface area contributed by atoms with Gasteiger partial charge in [-0.25, -0.2) is 8.42 Å². The molecule has 1 aliphatic carbocycles. The second kappa shape index (κ2) is 18.4. The van der Waals surface area contributed by atoms with Crippen LogP contribution in [0.3, 0.4) is 0 Å². The fourth-order valence-corrected chi connectivity index (χ4v) is 14.5. The van der Waals surface area contributed by atoms with Crippen LogP contribution in [-0.4, -0.2) is 146 Å². The third kappa shape index (κ3) is 8.62. The number of carbonyl (C=O) groups is 1. The minimum Gasteiger partial charge on any atom is -0.489 e. The molecule has 4 atom stereocenters. The molecule has 2 aromatic heterocycles. The Morgan fingerprint density at radius 3 is 2.51 bits per heavy atom. The Hall–Kier alpha value is -6.03. The van der Waals surface area contributed by atoms with Crippen molar-refractivity contribution in [3.63, 3.8) is 0 Å². The molecule has 386 valence electrons. The Labute approximate surface area is 424 Å². The smallest absolute Gasteiger partial charge is 0.297 e. The number of nitrogens with zero attached hydrogens (tertiary/aromatic N) is 6. The number of nitrogens with one attached hydrogen (secondary N) is 2. The molecule has 1 spiro atoms. The molecule has 4 saturated heterocycles. The van der Waals surface area contributed by atoms with E-state index in [2.05, 4.69) is 56.2 Å². The first-order chi connectivity index (χ1) is 35.1. The molecule has 3 aromatic carbocycles. The minimum atomic E-state index is -4.80. The summed E-state index contributed by atoms with van der Waals surface area (Å²) in [5, 5.41) is 27.7. The maximum Gasteiger partial charge on any atom is 0.297 e. The second-order valence-corrected chi connectivity index (χ2v) is 23.5. The molecule has 12 rings (SSSR count). The van der Waals surface area contributed by atoms with Gasteiger partial charge < -0.3 is 54.8 Å². The lowest BCUT2D eigenvalue weighted by molar-refractivity contribution is -0.384. The van der Waals surface area contributed by atoms with E-state index in [4.69, 9.17) is 29.7 Å². The van der Waals surface area contributed by atoms with E-state index in [1.54, 1.807) is 18.3 Å². The third-order valence-electron chi connectivity index (χ3n) is 16.9. The average molecular weight is 1020 g/mol. The molecule has 20 heteroatoms. The van der Waals surface area contributed by atoms with Crippen LogP contribution in [0.2, 0.25) is 0 Å². The number of aromatic amines is 1. The monoisotopic (exact) mass is 1020 g/mol. The molecule has 73 heavy (non-hydrogen) atoms. The number of H-pyrrole nitrogens is 1. The van der Waals surface area contributed by atoms with Gasteiger partial charge in [0.1, 0.15) is 28.9 Å². The largest absolute Gasteiger partial charge is 0.489 e. The summed E-state index contributed by atoms with van der Waals surface area (Å²) in [4.78, 5) is 42.6. The van der Waals surface area contributed by atoms with E-state index in [-0.39, 0.29) is 69.1 Å². The number of nitrogens with two attached hydrogens (primary N) is 1. The SMILES string of the molecule is Cc1ccccc1[C@@H]1COCCN1C1CC2(CCN(c3ccc(C(N)=O)c(N4c5cc6cc[nH]c6nc5O[C@H]5COCC[C@@H]54)c3S(=O)(=O)c3cc4c(c([N+](=O)[O-])c3)N[C@H](CN3CCC(C)(O)CC3)CO4)CC2)C1. The molecule has 1 amide bonds. The van der Waals surface area contributed by atoms with Crippen molar-refractivity contribution < 1.29 is 42.2 Å². The van der Waals surface area contributed by atoms with E-state index in [9.17, 15) is 20.0 Å². The molecular formula is C53H63N9O10S. The van der Waals surface area contributed by atoms with Crippen LogP contribution in [0.25, 0.3) is 11.0 Å². The van der Waals surface area contributed by atoms with Crippen molar-refractivity contribution in [1.82, 2.24) is 19.8 Å². The van der Waals surface area contributed by atoms with Crippen LogP contribution < -0.4 is 30.3 Å². The van der Waals surface area contributed by atoms with Crippen LogP contribution in [0.4, 0.5) is 28.4 Å². The van der Waals surface area contributed by atoms with Crippen molar-refractivity contribution in [3.8, 4) is 11.6 Å². The fraction of sp³-hybridized carbons (Fsp3) is 0.509. The Morgan fingerprint density at radius 1 is 0.959 bits per heavy atom. The Balaban J connectivity index is 0.936. The van der Waals surface area contributed by atoms with Crippen molar-refractivity contribution in [2.45, 2.75) is 104 Å². The third-order valence-corrected chi connectivity index (χ3v) is 18.7. The number of aromatic nitrogens is 2. The van der Waals surface area contributed by atoms with Gasteiger partial charge in [0.25, 0.3) is 11.6 Å². The molecule has 5 aromatic rings. The number of sulfone groups is 1. The molecule has 6 aliphatic heterocycles. The number of pyridine rings is 1. The summed E-state index contributed by atoms with van der Waals surface area (Å²) in [5.41, 5.74) is 9.20. The number of nitro groups is 1. The van der Waals surface area contributed by atoms with E-state index in [1.807, 2.05) is 24.0 Å². The van der Waals surface area contributed by atoms with Gasteiger partial charge in [0, 0.05) is 75.6 Å². The molecule has 5 fully saturated rings. The van der Waals surface area contributed by atoms with Crippen molar-refractivity contribution in [2.75, 3.05) is 87.4 Å². The van der Waals surface area contributed by atoms with E-state index in [0.29, 0.717) is 94.9 Å². The van der Waals surface area contributed by atoms with E-state index >= 15 is 8.42 Å². The molecule has 0 bridgehead atoms. The molecule has 8 heterocycles. The number of carbonyl (C=O) groups excluding carboxylic acids is 1. The van der Waals surface area contributed by atoms with Crippen LogP contribution in [0.1, 0.15) is 79.4 Å². The number of hydrogen-bond donors (Lipinski definition) is 4. The summed E-state index contributed by atoms with van der Waals surface area (Å²) in [6.07, 6.45) is 6.43. The van der Waals surface area contributed by atoms with E-state index < -0.39 is 44.1 Å². The summed E-state index contributed by atoms with van der Waals surface area (Å²) in [6, 6.07) is 17.7. The predicted molar refractivity (Wildman–Crippen MR) is 273 cm³/mol. The van der Waals surface area contributed by atoms with Crippen molar-refractivity contribution in [1.29, 1.82) is 0 Å². The molecule has 0 radical (unpaired) electrons. The van der Waals surface area contributed by atoms with Crippen LogP contribution in [0, 0.1) is 22.5 Å². The van der Waals surface area contributed by atoms with Crippen LogP contribution >= 0.6 is 0 Å². The number of primary amides is 1. The Bertz CT molecular complexity index is 3090. The van der Waals surface area contributed by atoms with Gasteiger partial charge in [-0.05, 0) is 99.6 Å². The van der Waals surface area contributed by atoms with Crippen molar-refractivity contribution >= 4 is 55.2 Å². The summed E-state index contributed by atoms with van der Waals surface area (Å²) in [6.45, 7) is 9.73. The van der Waals surface area contributed by atoms with Crippen LogP contribution in [-0.2, 0) is 19.3 Å². The topological polar surface area (TPSA) is 231 Å². The number of fused-ring (bicyclic) bond motifs is 4. The molecular weight excluding hydrogens is 955 g/mol. The summed E-state index contributed by atoms with van der Waals surface area (Å²) < 4.78 is 57.1. The van der Waals surface area contributed by atoms with Gasteiger partial charge in [0.15, 0.2) is 11.4 Å². The number of aliphatic hydroxyl groups is 1. The lowest BCUT2D eigenvalue weighted by Gasteiger charge is -2.57. The maximum atomic E-state index is 16.2. The van der Waals surface area contributed by atoms with Crippen molar-refractivity contribution in [3.05, 3.63) is 93.7 Å². The summed E-state index contributed by atoms with van der Waals surface area (Å²) >= 11 is 0. The number of amides is 1. The highest BCUT2D eigenvalue weighted by molar-refractivity contribution is 7.91. The number of nitro benzene ring substituents is 1. The quantitative estimate of drug-likeness (QED) is 0.0896. The van der Waals surface area contributed by atoms with Gasteiger partial charge in [0.2, 0.25) is 15.7 Å². The van der Waals surface area contributed by atoms with Gasteiger partial charge in [-0.15, -0.1) is 0 Å². The standard InChI is InChI=1S/C53H63N9O10S/c1-32-5-3-4-6-37(32)43-30-70-22-20-60(43)35-26-53(27-35)13-18-59(19-14-53)40-8-7-38(49(54)63)47(61-39-10-21-69-31-45(39)72-51-42(61)23-33-9-15-55-50(33)57-51)48(40)73(67,68)36-24-41(62(65)66)46-44(25-36)71-29-34(56-46)28-58-16-11-52(2,64)12-17-58/h3-9,15,23-25,34-35,39,43,45,56,64H,10-14,16-22,26-31H2,1-2H3,(H2,54,63)(H,55,57)/t34-,39+,43+,45+/m1/s1. The molecule has 0 unspecified atom stereocenters. The second-order valence-electron chi connectivity index (χ2n) is 21.6. The number of anilines is 4. The zero-order valence-corrected chi connectivity index (χ0v) is 42.1. The van der Waals surface area contributed by atoms with Gasteiger partial charge >= 0.3 is 0 Å². The number of ether oxygens (including phenoxy) is 4. The molecule has 19 nitrogen and oxygen atoms in total. The predicted octanol–water partition coefficient (Wildman–Crippen LogP) is 6.24. The van der Waals surface area contributed by atoms with Crippen molar-refractivity contribution in [2.24, 2.45) is 11.1 Å². The number of hydrogen-bond acceptors (Lipinski definition) is 16. The first-order valence-corrected chi connectivity index (χ1v) is 27.2. The molecule has 5 N–H and O–H groups in total. The highest BCUT2D eigenvalue weighted by Crippen LogP contribution is 2.56. The summed E-state index contributed by atoms with van der Waals surface area (Å²) in [7, 11) is -4.80. The van der Waals surface area contributed by atoms with E-state index in [0.717, 1.165) is 43.7 Å². The number of morpholine rings is 1.